The summed E-state index contributed by atoms with van der Waals surface area (Å²) in [5.41, 5.74) is 5.11. The number of anilines is 1. The smallest absolute Gasteiger partial charge is 0.335 e. The maximum absolute atomic E-state index is 11.2. The van der Waals surface area contributed by atoms with Crippen molar-refractivity contribution in [2.24, 2.45) is 4.99 Å². The van der Waals surface area contributed by atoms with Crippen LogP contribution in [-0.2, 0) is 0 Å². The Balaban J connectivity index is 2.05. The van der Waals surface area contributed by atoms with E-state index in [1.54, 1.807) is 37.6 Å². The monoisotopic (exact) mass is 378 g/mol. The Hall–Kier alpha value is -3.08. The number of aromatic carboxylic acids is 1. The molecule has 0 amide bonds. The largest absolute Gasteiger partial charge is 0.496 e. The van der Waals surface area contributed by atoms with Crippen molar-refractivity contribution < 1.29 is 14.6 Å². The molecule has 2 aromatic carbocycles. The van der Waals surface area contributed by atoms with Crippen LogP contribution < -0.4 is 9.64 Å². The summed E-state index contributed by atoms with van der Waals surface area (Å²) >= 11 is 0. The number of nitrogens with zero attached hydrogens (tertiary/aromatic N) is 2. The predicted molar refractivity (Wildman–Crippen MR) is 114 cm³/mol. The standard InChI is InChI=1S/C23H26N2O3/c1-6-25-20-12-21(28-5)17(11-19(20)15(2)13-23(25,3)4)14-24-18-9-7-8-16(10-18)22(26)27/h7-14H,6H2,1-5H3,(H,26,27). The lowest BCUT2D eigenvalue weighted by Gasteiger charge is -2.43. The Labute approximate surface area is 166 Å². The topological polar surface area (TPSA) is 62.1 Å². The Morgan fingerprint density at radius 3 is 2.68 bits per heavy atom. The summed E-state index contributed by atoms with van der Waals surface area (Å²) < 4.78 is 5.63. The van der Waals surface area contributed by atoms with Gasteiger partial charge in [0.1, 0.15) is 5.75 Å². The minimum absolute atomic E-state index is 0.0658. The van der Waals surface area contributed by atoms with Gasteiger partial charge in [0, 0.05) is 35.6 Å². The number of hydrogen-bond donors (Lipinski definition) is 1. The lowest BCUT2D eigenvalue weighted by molar-refractivity contribution is 0.0697. The highest BCUT2D eigenvalue weighted by molar-refractivity contribution is 5.93. The number of carboxylic acids is 1. The number of likely N-dealkylation sites (N-methyl/N-ethyl adjacent to an activating group) is 1. The molecule has 0 unspecified atom stereocenters. The average molecular weight is 378 g/mol. The Bertz CT molecular complexity index is 974. The average Bonchev–Trinajstić information content (AvgIpc) is 2.65. The number of aliphatic imine (C=N–C) groups is 1. The molecule has 28 heavy (non-hydrogen) atoms. The number of hydrogen-bond acceptors (Lipinski definition) is 4. The normalized spacial score (nSPS) is 15.3. The minimum Gasteiger partial charge on any atom is -0.496 e. The lowest BCUT2D eigenvalue weighted by atomic mass is 9.88. The fourth-order valence-electron chi connectivity index (χ4n) is 3.84. The maximum atomic E-state index is 11.2. The van der Waals surface area contributed by atoms with E-state index in [4.69, 9.17) is 9.84 Å². The molecule has 1 aliphatic rings. The zero-order valence-corrected chi connectivity index (χ0v) is 17.0. The maximum Gasteiger partial charge on any atom is 0.335 e. The molecule has 1 N–H and O–H groups in total. The van der Waals surface area contributed by atoms with E-state index in [-0.39, 0.29) is 11.1 Å². The van der Waals surface area contributed by atoms with Crippen LogP contribution in [0.4, 0.5) is 11.4 Å². The van der Waals surface area contributed by atoms with E-state index in [1.165, 1.54) is 5.57 Å². The van der Waals surface area contributed by atoms with Crippen LogP contribution in [0.3, 0.4) is 0 Å². The van der Waals surface area contributed by atoms with Gasteiger partial charge in [0.2, 0.25) is 0 Å². The second kappa shape index (κ2) is 7.50. The third kappa shape index (κ3) is 3.65. The van der Waals surface area contributed by atoms with Crippen LogP contribution in [0.2, 0.25) is 0 Å². The van der Waals surface area contributed by atoms with Crippen molar-refractivity contribution in [1.29, 1.82) is 0 Å². The molecule has 2 aromatic rings. The third-order valence-corrected chi connectivity index (χ3v) is 5.09. The van der Waals surface area contributed by atoms with Gasteiger partial charge in [-0.2, -0.15) is 0 Å². The molecule has 1 aliphatic heterocycles. The van der Waals surface area contributed by atoms with Crippen molar-refractivity contribution >= 4 is 29.1 Å². The fourth-order valence-corrected chi connectivity index (χ4v) is 3.84. The van der Waals surface area contributed by atoms with Gasteiger partial charge >= 0.3 is 5.97 Å². The number of carbonyl (C=O) groups is 1. The highest BCUT2D eigenvalue weighted by Gasteiger charge is 2.31. The van der Waals surface area contributed by atoms with E-state index >= 15 is 0 Å². The van der Waals surface area contributed by atoms with E-state index in [0.29, 0.717) is 5.69 Å². The van der Waals surface area contributed by atoms with Gasteiger partial charge in [-0.15, -0.1) is 0 Å². The first kappa shape index (κ1) is 19.7. The summed E-state index contributed by atoms with van der Waals surface area (Å²) in [6.07, 6.45) is 4.01. The van der Waals surface area contributed by atoms with Crippen LogP contribution in [0.1, 0.15) is 49.2 Å². The van der Waals surface area contributed by atoms with Crippen LogP contribution in [0.15, 0.2) is 47.5 Å². The van der Waals surface area contributed by atoms with Crippen LogP contribution in [0.5, 0.6) is 5.75 Å². The number of methoxy groups -OCH3 is 1. The molecule has 0 bridgehead atoms. The van der Waals surface area contributed by atoms with Crippen molar-refractivity contribution in [1.82, 2.24) is 0 Å². The molecule has 0 aromatic heterocycles. The van der Waals surface area contributed by atoms with Gasteiger partial charge in [-0.05, 0) is 57.5 Å². The first-order valence-electron chi connectivity index (χ1n) is 9.33. The SMILES string of the molecule is CCN1c2cc(OC)c(C=Nc3cccc(C(=O)O)c3)cc2C(C)=CC1(C)C. The molecular weight excluding hydrogens is 352 g/mol. The first-order chi connectivity index (χ1) is 13.3. The zero-order valence-electron chi connectivity index (χ0n) is 17.0. The molecule has 0 saturated carbocycles. The molecule has 0 spiro atoms. The van der Waals surface area contributed by atoms with Crippen LogP contribution in [0, 0.1) is 0 Å². The fraction of sp³-hybridized carbons (Fsp3) is 0.304. The van der Waals surface area contributed by atoms with E-state index in [2.05, 4.69) is 55.8 Å². The lowest BCUT2D eigenvalue weighted by Crippen LogP contribution is -2.44. The van der Waals surface area contributed by atoms with Crippen molar-refractivity contribution in [3.05, 3.63) is 59.2 Å². The van der Waals surface area contributed by atoms with Crippen LogP contribution in [0.25, 0.3) is 5.57 Å². The van der Waals surface area contributed by atoms with Crippen LogP contribution >= 0.6 is 0 Å². The predicted octanol–water partition coefficient (Wildman–Crippen LogP) is 5.17. The summed E-state index contributed by atoms with van der Waals surface area (Å²) in [7, 11) is 1.65. The van der Waals surface area contributed by atoms with Crippen molar-refractivity contribution in [2.45, 2.75) is 33.2 Å². The number of carboxylic acid groups (broad SMARTS) is 1. The van der Waals surface area contributed by atoms with Crippen molar-refractivity contribution in [3.8, 4) is 5.75 Å². The Kier molecular flexibility index (Phi) is 5.27. The van der Waals surface area contributed by atoms with Gasteiger partial charge in [-0.25, -0.2) is 4.79 Å². The van der Waals surface area contributed by atoms with Gasteiger partial charge in [-0.3, -0.25) is 4.99 Å². The number of benzene rings is 2. The Morgan fingerprint density at radius 2 is 2.04 bits per heavy atom. The number of ether oxygens (including phenoxy) is 1. The quantitative estimate of drug-likeness (QED) is 0.730. The number of rotatable bonds is 5. The van der Waals surface area contributed by atoms with Gasteiger partial charge in [-0.1, -0.05) is 12.1 Å². The van der Waals surface area contributed by atoms with Gasteiger partial charge in [0.25, 0.3) is 0 Å². The molecule has 146 valence electrons. The summed E-state index contributed by atoms with van der Waals surface area (Å²) in [5.74, 6) is -0.229. The molecule has 0 aliphatic carbocycles. The summed E-state index contributed by atoms with van der Waals surface area (Å²) in [4.78, 5) is 18.0. The second-order valence-corrected chi connectivity index (χ2v) is 7.45. The molecule has 5 heteroatoms. The number of allylic oxidation sites excluding steroid dienone is 1. The third-order valence-electron chi connectivity index (χ3n) is 5.09. The van der Waals surface area contributed by atoms with Crippen molar-refractivity contribution in [2.75, 3.05) is 18.6 Å². The van der Waals surface area contributed by atoms with Gasteiger partial charge < -0.3 is 14.7 Å². The molecular formula is C23H26N2O3. The summed E-state index contributed by atoms with van der Waals surface area (Å²) in [6.45, 7) is 9.58. The molecule has 5 nitrogen and oxygen atoms in total. The molecule has 0 atom stereocenters. The first-order valence-corrected chi connectivity index (χ1v) is 9.33. The Morgan fingerprint density at radius 1 is 1.29 bits per heavy atom. The highest BCUT2D eigenvalue weighted by Crippen LogP contribution is 2.41. The number of fused-ring (bicyclic) bond motifs is 1. The van der Waals surface area contributed by atoms with E-state index in [0.717, 1.165) is 29.1 Å². The van der Waals surface area contributed by atoms with Gasteiger partial charge in [0.05, 0.1) is 23.9 Å². The van der Waals surface area contributed by atoms with E-state index in [9.17, 15) is 4.79 Å². The molecule has 0 fully saturated rings. The highest BCUT2D eigenvalue weighted by atomic mass is 16.5. The molecule has 1 heterocycles. The van der Waals surface area contributed by atoms with Crippen molar-refractivity contribution in [3.63, 3.8) is 0 Å². The summed E-state index contributed by atoms with van der Waals surface area (Å²) in [6, 6.07) is 10.7. The second-order valence-electron chi connectivity index (χ2n) is 7.45. The van der Waals surface area contributed by atoms with E-state index < -0.39 is 5.97 Å². The molecule has 0 saturated heterocycles. The van der Waals surface area contributed by atoms with Gasteiger partial charge in [0.15, 0.2) is 0 Å². The van der Waals surface area contributed by atoms with E-state index in [1.807, 2.05) is 0 Å². The molecule has 3 rings (SSSR count). The van der Waals surface area contributed by atoms with Crippen LogP contribution in [-0.4, -0.2) is 36.5 Å². The zero-order chi connectivity index (χ0) is 20.5. The molecule has 0 radical (unpaired) electrons. The summed E-state index contributed by atoms with van der Waals surface area (Å²) in [5, 5.41) is 9.15. The minimum atomic E-state index is -0.966.